The maximum Gasteiger partial charge on any atom is 0.508 e. The second kappa shape index (κ2) is 19.9. The van der Waals surface area contributed by atoms with Crippen molar-refractivity contribution in [3.05, 3.63) is 120 Å². The first-order chi connectivity index (χ1) is 21.1. The predicted octanol–water partition coefficient (Wildman–Crippen LogP) is 6.65. The summed E-state index contributed by atoms with van der Waals surface area (Å²) >= 11 is 0. The molecule has 3 atom stereocenters. The molecule has 0 heterocycles. The molecule has 0 aliphatic carbocycles. The van der Waals surface area contributed by atoms with Gasteiger partial charge in [-0.1, -0.05) is 97.1 Å². The summed E-state index contributed by atoms with van der Waals surface area (Å²) in [5.74, 6) is 0. The maximum atomic E-state index is 12.6. The number of ether oxygens (including phenoxy) is 7. The molecule has 0 aliphatic rings. The summed E-state index contributed by atoms with van der Waals surface area (Å²) in [7, 11) is 0. The van der Waals surface area contributed by atoms with E-state index >= 15 is 0 Å². The van der Waals surface area contributed by atoms with Gasteiger partial charge in [-0.25, -0.2) is 9.59 Å². The highest BCUT2D eigenvalue weighted by molar-refractivity contribution is 5.60. The summed E-state index contributed by atoms with van der Waals surface area (Å²) in [5.41, 5.74) is 2.82. The van der Waals surface area contributed by atoms with Crippen molar-refractivity contribution in [1.29, 1.82) is 0 Å². The molecule has 0 unspecified atom stereocenters. The standard InChI is InChI=1S/C34H40O9/c1-3-38-33(35)40-22-14-21-30(41-24-28-17-10-6-11-18-28)32(42-25-29-19-12-7-13-20-29)31(43-34(36)39-4-2)26-37-23-27-15-8-5-9-16-27/h5-21,30-32H,3-4,22-26H2,1-2H3/b21-14+/t30-,31+,32-/m0/s1. The monoisotopic (exact) mass is 592 g/mol. The minimum Gasteiger partial charge on any atom is -0.435 e. The van der Waals surface area contributed by atoms with Gasteiger partial charge in [0.2, 0.25) is 0 Å². The van der Waals surface area contributed by atoms with Crippen molar-refractivity contribution in [2.45, 2.75) is 52.0 Å². The van der Waals surface area contributed by atoms with Crippen LogP contribution in [0.4, 0.5) is 9.59 Å². The second-order valence-corrected chi connectivity index (χ2v) is 9.28. The highest BCUT2D eigenvalue weighted by Crippen LogP contribution is 2.20. The average molecular weight is 593 g/mol. The Bertz CT molecular complexity index is 1200. The van der Waals surface area contributed by atoms with Crippen LogP contribution in [0.1, 0.15) is 30.5 Å². The van der Waals surface area contributed by atoms with Gasteiger partial charge in [0.05, 0.1) is 39.6 Å². The molecule has 0 radical (unpaired) electrons. The first-order valence-corrected chi connectivity index (χ1v) is 14.3. The van der Waals surface area contributed by atoms with Crippen LogP contribution in [0.15, 0.2) is 103 Å². The Morgan fingerprint density at radius 1 is 0.651 bits per heavy atom. The molecular weight excluding hydrogens is 552 g/mol. The van der Waals surface area contributed by atoms with Crippen LogP contribution < -0.4 is 0 Å². The first-order valence-electron chi connectivity index (χ1n) is 14.3. The lowest BCUT2D eigenvalue weighted by Crippen LogP contribution is -2.45. The van der Waals surface area contributed by atoms with E-state index in [0.29, 0.717) is 6.61 Å². The zero-order valence-electron chi connectivity index (χ0n) is 24.7. The molecular formula is C34H40O9. The van der Waals surface area contributed by atoms with Crippen molar-refractivity contribution in [3.8, 4) is 0 Å². The molecule has 0 saturated carbocycles. The normalized spacial score (nSPS) is 13.2. The first kappa shape index (κ1) is 33.3. The van der Waals surface area contributed by atoms with Crippen LogP contribution in [-0.2, 0) is 53.0 Å². The van der Waals surface area contributed by atoms with Gasteiger partial charge in [-0.05, 0) is 36.6 Å². The molecule has 3 rings (SSSR count). The van der Waals surface area contributed by atoms with Crippen molar-refractivity contribution in [2.24, 2.45) is 0 Å². The number of carbonyl (C=O) groups excluding carboxylic acids is 2. The van der Waals surface area contributed by atoms with Crippen molar-refractivity contribution in [1.82, 2.24) is 0 Å². The Kier molecular flexibility index (Phi) is 15.4. The van der Waals surface area contributed by atoms with Crippen LogP contribution in [0.25, 0.3) is 0 Å². The lowest BCUT2D eigenvalue weighted by atomic mass is 10.1. The number of benzene rings is 3. The molecule has 3 aromatic carbocycles. The Balaban J connectivity index is 1.87. The van der Waals surface area contributed by atoms with E-state index in [1.54, 1.807) is 26.0 Å². The van der Waals surface area contributed by atoms with Gasteiger partial charge in [0.15, 0.2) is 6.10 Å². The van der Waals surface area contributed by atoms with Gasteiger partial charge in [-0.15, -0.1) is 0 Å². The van der Waals surface area contributed by atoms with Crippen molar-refractivity contribution in [3.63, 3.8) is 0 Å². The van der Waals surface area contributed by atoms with E-state index < -0.39 is 30.6 Å². The SMILES string of the molecule is CCOC(=O)OC/C=C/[C@H](OCc1ccccc1)[C@H](OCc1ccccc1)[C@@H](COCc1ccccc1)OC(=O)OCC. The minimum absolute atomic E-state index is 0.00548. The van der Waals surface area contributed by atoms with Crippen LogP contribution in [0, 0.1) is 0 Å². The smallest absolute Gasteiger partial charge is 0.435 e. The molecule has 0 bridgehead atoms. The van der Waals surface area contributed by atoms with E-state index in [2.05, 4.69) is 0 Å². The molecule has 9 nitrogen and oxygen atoms in total. The molecule has 0 aromatic heterocycles. The molecule has 0 spiro atoms. The van der Waals surface area contributed by atoms with E-state index in [-0.39, 0.29) is 39.6 Å². The summed E-state index contributed by atoms with van der Waals surface area (Å²) in [6, 6.07) is 29.0. The largest absolute Gasteiger partial charge is 0.508 e. The van der Waals surface area contributed by atoms with Crippen molar-refractivity contribution in [2.75, 3.05) is 26.4 Å². The van der Waals surface area contributed by atoms with Crippen LogP contribution >= 0.6 is 0 Å². The van der Waals surface area contributed by atoms with E-state index in [4.69, 9.17) is 33.2 Å². The Labute approximate surface area is 253 Å². The summed E-state index contributed by atoms with van der Waals surface area (Å²) in [5, 5.41) is 0. The molecule has 0 fully saturated rings. The lowest BCUT2D eigenvalue weighted by molar-refractivity contribution is -0.142. The molecule has 43 heavy (non-hydrogen) atoms. The zero-order chi connectivity index (χ0) is 30.5. The topological polar surface area (TPSA) is 98.8 Å². The van der Waals surface area contributed by atoms with Crippen LogP contribution in [0.5, 0.6) is 0 Å². The third-order valence-electron chi connectivity index (χ3n) is 6.05. The Morgan fingerprint density at radius 2 is 1.16 bits per heavy atom. The van der Waals surface area contributed by atoms with Crippen molar-refractivity contribution >= 4 is 12.3 Å². The number of rotatable bonds is 18. The minimum atomic E-state index is -0.914. The molecule has 0 saturated heterocycles. The molecule has 0 N–H and O–H groups in total. The number of hydrogen-bond donors (Lipinski definition) is 0. The fraction of sp³-hybridized carbons (Fsp3) is 0.353. The van der Waals surface area contributed by atoms with E-state index in [1.165, 1.54) is 0 Å². The molecule has 0 aliphatic heterocycles. The van der Waals surface area contributed by atoms with Crippen molar-refractivity contribution < 1.29 is 42.7 Å². The summed E-state index contributed by atoms with van der Waals surface area (Å²) < 4.78 is 39.6. The Hall–Kier alpha value is -4.18. The Morgan fingerprint density at radius 3 is 1.72 bits per heavy atom. The van der Waals surface area contributed by atoms with E-state index in [9.17, 15) is 9.59 Å². The quantitative estimate of drug-likeness (QED) is 0.119. The van der Waals surface area contributed by atoms with Gasteiger partial charge < -0.3 is 33.2 Å². The molecule has 230 valence electrons. The van der Waals surface area contributed by atoms with Gasteiger partial charge in [0, 0.05) is 0 Å². The summed E-state index contributed by atoms with van der Waals surface area (Å²) in [4.78, 5) is 24.3. The molecule has 9 heteroatoms. The van der Waals surface area contributed by atoms with Crippen LogP contribution in [-0.4, -0.2) is 57.1 Å². The van der Waals surface area contributed by atoms with Crippen LogP contribution in [0.2, 0.25) is 0 Å². The zero-order valence-corrected chi connectivity index (χ0v) is 24.7. The highest BCUT2D eigenvalue weighted by Gasteiger charge is 2.34. The summed E-state index contributed by atoms with van der Waals surface area (Å²) in [6.45, 7) is 4.46. The molecule has 0 amide bonds. The summed E-state index contributed by atoms with van der Waals surface area (Å²) in [6.07, 6.45) is -0.752. The van der Waals surface area contributed by atoms with Gasteiger partial charge >= 0.3 is 12.3 Å². The second-order valence-electron chi connectivity index (χ2n) is 9.28. The van der Waals surface area contributed by atoms with Crippen LogP contribution in [0.3, 0.4) is 0 Å². The van der Waals surface area contributed by atoms with Gasteiger partial charge in [0.1, 0.15) is 18.8 Å². The highest BCUT2D eigenvalue weighted by atomic mass is 16.7. The fourth-order valence-electron chi connectivity index (χ4n) is 4.01. The third-order valence-corrected chi connectivity index (χ3v) is 6.05. The lowest BCUT2D eigenvalue weighted by Gasteiger charge is -2.32. The molecule has 3 aromatic rings. The third kappa shape index (κ3) is 13.1. The van der Waals surface area contributed by atoms with Gasteiger partial charge in [-0.2, -0.15) is 0 Å². The fourth-order valence-corrected chi connectivity index (χ4v) is 4.01. The average Bonchev–Trinajstić information content (AvgIpc) is 3.03. The van der Waals surface area contributed by atoms with Gasteiger partial charge in [-0.3, -0.25) is 0 Å². The van der Waals surface area contributed by atoms with E-state index in [1.807, 2.05) is 91.0 Å². The number of carbonyl (C=O) groups is 2. The van der Waals surface area contributed by atoms with E-state index in [0.717, 1.165) is 16.7 Å². The van der Waals surface area contributed by atoms with Gasteiger partial charge in [0.25, 0.3) is 0 Å². The number of hydrogen-bond acceptors (Lipinski definition) is 9. The predicted molar refractivity (Wildman–Crippen MR) is 160 cm³/mol. The maximum absolute atomic E-state index is 12.6.